The van der Waals surface area contributed by atoms with Crippen LogP contribution in [-0.2, 0) is 11.3 Å². The highest BCUT2D eigenvalue weighted by atomic mass is 32.2. The van der Waals surface area contributed by atoms with E-state index in [0.717, 1.165) is 30.8 Å². The van der Waals surface area contributed by atoms with Crippen molar-refractivity contribution >= 4 is 29.3 Å². The third-order valence-corrected chi connectivity index (χ3v) is 5.44. The molecule has 6 nitrogen and oxygen atoms in total. The molecule has 0 saturated heterocycles. The van der Waals surface area contributed by atoms with Gasteiger partial charge in [-0.25, -0.2) is 4.39 Å². The van der Waals surface area contributed by atoms with E-state index < -0.39 is 5.82 Å². The molecule has 1 heterocycles. The fraction of sp³-hybridized carbons (Fsp3) is 0.450. The van der Waals surface area contributed by atoms with Crippen molar-refractivity contribution in [2.45, 2.75) is 33.2 Å². The van der Waals surface area contributed by atoms with E-state index in [1.165, 1.54) is 30.0 Å². The Kier molecular flexibility index (Phi) is 6.07. The zero-order chi connectivity index (χ0) is 20.3. The van der Waals surface area contributed by atoms with E-state index >= 15 is 0 Å². The first-order valence-corrected chi connectivity index (χ1v) is 10.6. The Bertz CT molecular complexity index is 892. The van der Waals surface area contributed by atoms with Crippen molar-refractivity contribution in [1.29, 1.82) is 0 Å². The molecule has 1 aliphatic carbocycles. The fourth-order valence-corrected chi connectivity index (χ4v) is 3.55. The van der Waals surface area contributed by atoms with Gasteiger partial charge in [0.25, 0.3) is 5.91 Å². The van der Waals surface area contributed by atoms with Gasteiger partial charge < -0.3 is 10.6 Å². The summed E-state index contributed by atoms with van der Waals surface area (Å²) in [5.74, 6) is -0.867. The van der Waals surface area contributed by atoms with Crippen LogP contribution in [0.3, 0.4) is 0 Å². The SMILES string of the molecule is CSCC(=O)Nc1cc(F)cc(C(=O)NCC2(Cn3nc(C)cc3C)CC2)c1. The smallest absolute Gasteiger partial charge is 0.251 e. The zero-order valence-electron chi connectivity index (χ0n) is 16.3. The highest BCUT2D eigenvalue weighted by molar-refractivity contribution is 7.99. The fourth-order valence-electron chi connectivity index (χ4n) is 3.21. The van der Waals surface area contributed by atoms with Crippen LogP contribution in [0.5, 0.6) is 0 Å². The first kappa shape index (κ1) is 20.4. The second-order valence-corrected chi connectivity index (χ2v) is 8.34. The molecule has 0 aliphatic heterocycles. The van der Waals surface area contributed by atoms with Crippen molar-refractivity contribution in [3.8, 4) is 0 Å². The van der Waals surface area contributed by atoms with Gasteiger partial charge >= 0.3 is 0 Å². The standard InChI is InChI=1S/C20H25FN4O2S/c1-13-6-14(2)25(24-13)12-20(4-5-20)11-22-19(27)15-7-16(21)9-17(8-15)23-18(26)10-28-3/h6-9H,4-5,10-12H2,1-3H3,(H,22,27)(H,23,26). The minimum Gasteiger partial charge on any atom is -0.351 e. The molecule has 0 unspecified atom stereocenters. The third kappa shape index (κ3) is 5.13. The summed E-state index contributed by atoms with van der Waals surface area (Å²) in [5.41, 5.74) is 2.56. The Labute approximate surface area is 168 Å². The number of rotatable bonds is 8. The largest absolute Gasteiger partial charge is 0.351 e. The number of nitrogens with zero attached hydrogens (tertiary/aromatic N) is 2. The van der Waals surface area contributed by atoms with E-state index in [4.69, 9.17) is 0 Å². The van der Waals surface area contributed by atoms with Gasteiger partial charge in [0.1, 0.15) is 5.82 Å². The number of hydrogen-bond acceptors (Lipinski definition) is 4. The Morgan fingerprint density at radius 3 is 2.61 bits per heavy atom. The van der Waals surface area contributed by atoms with Crippen molar-refractivity contribution in [3.05, 3.63) is 47.0 Å². The summed E-state index contributed by atoms with van der Waals surface area (Å²) in [7, 11) is 0. The molecule has 0 radical (unpaired) electrons. The summed E-state index contributed by atoms with van der Waals surface area (Å²) >= 11 is 1.37. The van der Waals surface area contributed by atoms with E-state index in [2.05, 4.69) is 15.7 Å². The Hall–Kier alpha value is -2.35. The predicted molar refractivity (Wildman–Crippen MR) is 109 cm³/mol. The van der Waals surface area contributed by atoms with Crippen LogP contribution in [0.15, 0.2) is 24.3 Å². The number of halogens is 1. The van der Waals surface area contributed by atoms with Crippen LogP contribution in [-0.4, -0.2) is 40.1 Å². The lowest BCUT2D eigenvalue weighted by molar-refractivity contribution is -0.113. The molecule has 2 aromatic rings. The highest BCUT2D eigenvalue weighted by Crippen LogP contribution is 2.46. The number of thioether (sulfide) groups is 1. The van der Waals surface area contributed by atoms with E-state index in [1.54, 1.807) is 0 Å². The number of nitrogens with one attached hydrogen (secondary N) is 2. The van der Waals surface area contributed by atoms with Crippen LogP contribution >= 0.6 is 11.8 Å². The maximum Gasteiger partial charge on any atom is 0.251 e. The average Bonchev–Trinajstić information content (AvgIpc) is 3.31. The van der Waals surface area contributed by atoms with E-state index in [9.17, 15) is 14.0 Å². The molecule has 2 amide bonds. The molecular formula is C20H25FN4O2S. The van der Waals surface area contributed by atoms with Crippen molar-refractivity contribution in [2.75, 3.05) is 23.9 Å². The lowest BCUT2D eigenvalue weighted by atomic mass is 10.1. The van der Waals surface area contributed by atoms with Crippen molar-refractivity contribution in [2.24, 2.45) is 5.41 Å². The molecule has 1 aromatic carbocycles. The monoisotopic (exact) mass is 404 g/mol. The second-order valence-electron chi connectivity index (χ2n) is 7.48. The molecule has 1 aromatic heterocycles. The van der Waals surface area contributed by atoms with E-state index in [-0.39, 0.29) is 34.2 Å². The Morgan fingerprint density at radius 1 is 1.25 bits per heavy atom. The number of hydrogen-bond donors (Lipinski definition) is 2. The molecule has 8 heteroatoms. The van der Waals surface area contributed by atoms with Crippen molar-refractivity contribution in [3.63, 3.8) is 0 Å². The average molecular weight is 405 g/mol. The van der Waals surface area contributed by atoms with Gasteiger partial charge in [0.2, 0.25) is 5.91 Å². The normalized spacial score (nSPS) is 14.6. The first-order chi connectivity index (χ1) is 13.3. The number of aromatic nitrogens is 2. The second kappa shape index (κ2) is 8.34. The topological polar surface area (TPSA) is 76.0 Å². The molecular weight excluding hydrogens is 379 g/mol. The Balaban J connectivity index is 1.62. The molecule has 0 spiro atoms. The molecule has 2 N–H and O–H groups in total. The minimum absolute atomic E-state index is 0.00159. The van der Waals surface area contributed by atoms with Gasteiger partial charge in [-0.05, 0) is 57.2 Å². The molecule has 0 bridgehead atoms. The summed E-state index contributed by atoms with van der Waals surface area (Å²) in [4.78, 5) is 24.3. The highest BCUT2D eigenvalue weighted by Gasteiger charge is 2.43. The number of amides is 2. The van der Waals surface area contributed by atoms with Gasteiger partial charge in [0.05, 0.1) is 11.4 Å². The van der Waals surface area contributed by atoms with Gasteiger partial charge in [0.15, 0.2) is 0 Å². The van der Waals surface area contributed by atoms with E-state index in [1.807, 2.05) is 30.9 Å². The Morgan fingerprint density at radius 2 is 2.00 bits per heavy atom. The quantitative estimate of drug-likeness (QED) is 0.709. The number of aryl methyl sites for hydroxylation is 2. The third-order valence-electron chi connectivity index (χ3n) is 4.89. The van der Waals surface area contributed by atoms with Crippen LogP contribution in [0.2, 0.25) is 0 Å². The summed E-state index contributed by atoms with van der Waals surface area (Å²) in [6.07, 6.45) is 3.85. The number of carbonyl (C=O) groups excluding carboxylic acids is 2. The summed E-state index contributed by atoms with van der Waals surface area (Å²) < 4.78 is 15.9. The van der Waals surface area contributed by atoms with Gasteiger partial charge in [-0.1, -0.05) is 0 Å². The van der Waals surface area contributed by atoms with Crippen molar-refractivity contribution in [1.82, 2.24) is 15.1 Å². The number of benzene rings is 1. The van der Waals surface area contributed by atoms with E-state index in [0.29, 0.717) is 6.54 Å². The molecule has 1 aliphatic rings. The molecule has 150 valence electrons. The predicted octanol–water partition coefficient (Wildman–Crippen LogP) is 3.15. The lowest BCUT2D eigenvalue weighted by Crippen LogP contribution is -2.33. The molecule has 1 saturated carbocycles. The summed E-state index contributed by atoms with van der Waals surface area (Å²) in [6, 6.07) is 5.92. The van der Waals surface area contributed by atoms with Crippen LogP contribution < -0.4 is 10.6 Å². The maximum atomic E-state index is 13.9. The zero-order valence-corrected chi connectivity index (χ0v) is 17.2. The minimum atomic E-state index is -0.559. The van der Waals surface area contributed by atoms with Crippen LogP contribution in [0.25, 0.3) is 0 Å². The first-order valence-electron chi connectivity index (χ1n) is 9.19. The summed E-state index contributed by atoms with van der Waals surface area (Å²) in [5, 5.41) is 10.0. The number of carbonyl (C=O) groups is 2. The van der Waals surface area contributed by atoms with Gasteiger partial charge in [0, 0.05) is 35.4 Å². The van der Waals surface area contributed by atoms with Gasteiger partial charge in [-0.15, -0.1) is 0 Å². The lowest BCUT2D eigenvalue weighted by Gasteiger charge is -2.17. The van der Waals surface area contributed by atoms with Crippen LogP contribution in [0, 0.1) is 25.1 Å². The van der Waals surface area contributed by atoms with Crippen LogP contribution in [0.4, 0.5) is 10.1 Å². The van der Waals surface area contributed by atoms with Crippen LogP contribution in [0.1, 0.15) is 34.6 Å². The molecule has 3 rings (SSSR count). The molecule has 28 heavy (non-hydrogen) atoms. The van der Waals surface area contributed by atoms with Gasteiger partial charge in [-0.2, -0.15) is 16.9 Å². The van der Waals surface area contributed by atoms with Gasteiger partial charge in [-0.3, -0.25) is 14.3 Å². The number of anilines is 1. The summed E-state index contributed by atoms with van der Waals surface area (Å²) in [6.45, 7) is 5.25. The molecule has 0 atom stereocenters. The molecule has 1 fully saturated rings. The van der Waals surface area contributed by atoms with Crippen molar-refractivity contribution < 1.29 is 14.0 Å². The maximum absolute atomic E-state index is 13.9.